The summed E-state index contributed by atoms with van der Waals surface area (Å²) < 4.78 is 5.28. The smallest absolute Gasteiger partial charge is 0.317 e. The van der Waals surface area contributed by atoms with Gasteiger partial charge < -0.3 is 24.5 Å². The second kappa shape index (κ2) is 8.08. The first kappa shape index (κ1) is 18.6. The number of amides is 3. The lowest BCUT2D eigenvalue weighted by molar-refractivity contribution is -0.138. The third-order valence-electron chi connectivity index (χ3n) is 5.90. The number of hydrogen-bond donors (Lipinski definition) is 2. The van der Waals surface area contributed by atoms with E-state index in [1.54, 1.807) is 18.8 Å². The van der Waals surface area contributed by atoms with Gasteiger partial charge in [-0.1, -0.05) is 0 Å². The van der Waals surface area contributed by atoms with Gasteiger partial charge in [0, 0.05) is 56.3 Å². The van der Waals surface area contributed by atoms with Crippen molar-refractivity contribution in [3.63, 3.8) is 0 Å². The normalized spacial score (nSPS) is 22.6. The average Bonchev–Trinajstić information content (AvgIpc) is 3.41. The highest BCUT2D eigenvalue weighted by molar-refractivity contribution is 5.77. The first-order valence-corrected chi connectivity index (χ1v) is 9.94. The summed E-state index contributed by atoms with van der Waals surface area (Å²) in [7, 11) is 0. The minimum absolute atomic E-state index is 0.00215. The van der Waals surface area contributed by atoms with Gasteiger partial charge in [0.15, 0.2) is 0 Å². The minimum Gasteiger partial charge on any atom is -0.467 e. The minimum atomic E-state index is -0.0589. The summed E-state index contributed by atoms with van der Waals surface area (Å²) in [6.45, 7) is 3.26. The molecule has 4 rings (SSSR count). The SMILES string of the molecule is O=C1CC[C@]2(CCCN(C(=O)NCc3ccco3)C2)CN1CCc1cnc[nH]1. The third-order valence-corrected chi connectivity index (χ3v) is 5.90. The first-order valence-electron chi connectivity index (χ1n) is 9.94. The van der Waals surface area contributed by atoms with Gasteiger partial charge in [0.2, 0.25) is 5.91 Å². The highest BCUT2D eigenvalue weighted by Gasteiger charge is 2.42. The third kappa shape index (κ3) is 4.21. The molecule has 8 nitrogen and oxygen atoms in total. The Morgan fingerprint density at radius 2 is 2.29 bits per heavy atom. The van der Waals surface area contributed by atoms with Crippen molar-refractivity contribution in [2.24, 2.45) is 5.41 Å². The van der Waals surface area contributed by atoms with Crippen LogP contribution in [0.4, 0.5) is 4.79 Å². The van der Waals surface area contributed by atoms with E-state index in [2.05, 4.69) is 15.3 Å². The van der Waals surface area contributed by atoms with Crippen molar-refractivity contribution in [1.29, 1.82) is 0 Å². The molecule has 0 aromatic carbocycles. The number of likely N-dealkylation sites (tertiary alicyclic amines) is 2. The molecule has 4 heterocycles. The van der Waals surface area contributed by atoms with Crippen LogP contribution in [0.3, 0.4) is 0 Å². The summed E-state index contributed by atoms with van der Waals surface area (Å²) in [6, 6.07) is 3.60. The molecule has 2 aromatic rings. The number of H-pyrrole nitrogens is 1. The van der Waals surface area contributed by atoms with E-state index < -0.39 is 0 Å². The number of carbonyl (C=O) groups is 2. The van der Waals surface area contributed by atoms with Gasteiger partial charge in [-0.05, 0) is 31.4 Å². The van der Waals surface area contributed by atoms with Crippen LogP contribution in [0.5, 0.6) is 0 Å². The fraction of sp³-hybridized carbons (Fsp3) is 0.550. The van der Waals surface area contributed by atoms with Crippen LogP contribution in [0, 0.1) is 5.41 Å². The zero-order valence-electron chi connectivity index (χ0n) is 16.0. The van der Waals surface area contributed by atoms with E-state index in [1.165, 1.54) is 0 Å². The number of rotatable bonds is 5. The Morgan fingerprint density at radius 3 is 3.07 bits per heavy atom. The molecule has 2 fully saturated rings. The molecule has 0 bridgehead atoms. The predicted octanol–water partition coefficient (Wildman–Crippen LogP) is 2.16. The number of hydrogen-bond acceptors (Lipinski definition) is 4. The van der Waals surface area contributed by atoms with Crippen molar-refractivity contribution >= 4 is 11.9 Å². The molecule has 2 aromatic heterocycles. The molecule has 0 saturated carbocycles. The zero-order chi connectivity index (χ0) is 19.4. The molecule has 2 saturated heterocycles. The largest absolute Gasteiger partial charge is 0.467 e. The maximum atomic E-state index is 12.6. The number of nitrogens with zero attached hydrogens (tertiary/aromatic N) is 3. The standard InChI is InChI=1S/C20H27N5O3/c26-18-4-7-20(13-24(18)9-5-16-11-21-15-23-16)6-2-8-25(14-20)19(27)22-12-17-3-1-10-28-17/h1,3,10-11,15H,2,4-9,12-14H2,(H,21,23)(H,22,27)/t20-/m1/s1. The van der Waals surface area contributed by atoms with E-state index in [0.29, 0.717) is 26.1 Å². The zero-order valence-corrected chi connectivity index (χ0v) is 16.0. The fourth-order valence-electron chi connectivity index (χ4n) is 4.38. The number of furan rings is 1. The number of aromatic amines is 1. The molecule has 1 atom stereocenters. The number of nitrogens with one attached hydrogen (secondary N) is 2. The summed E-state index contributed by atoms with van der Waals surface area (Å²) in [6.07, 6.45) is 9.28. The van der Waals surface area contributed by atoms with Crippen molar-refractivity contribution in [3.8, 4) is 0 Å². The Kier molecular flexibility index (Phi) is 5.36. The van der Waals surface area contributed by atoms with E-state index in [9.17, 15) is 9.59 Å². The van der Waals surface area contributed by atoms with Crippen LogP contribution < -0.4 is 5.32 Å². The highest BCUT2D eigenvalue weighted by Crippen LogP contribution is 2.38. The van der Waals surface area contributed by atoms with Crippen LogP contribution >= 0.6 is 0 Å². The summed E-state index contributed by atoms with van der Waals surface area (Å²) >= 11 is 0. The summed E-state index contributed by atoms with van der Waals surface area (Å²) in [4.78, 5) is 36.0. The number of imidazole rings is 1. The average molecular weight is 385 g/mol. The number of carbonyl (C=O) groups excluding carboxylic acids is 2. The van der Waals surface area contributed by atoms with Crippen LogP contribution in [0.1, 0.15) is 37.1 Å². The van der Waals surface area contributed by atoms with Gasteiger partial charge in [-0.15, -0.1) is 0 Å². The summed E-state index contributed by atoms with van der Waals surface area (Å²) in [5, 5.41) is 2.94. The van der Waals surface area contributed by atoms with Gasteiger partial charge in [0.1, 0.15) is 5.76 Å². The van der Waals surface area contributed by atoms with Crippen molar-refractivity contribution in [1.82, 2.24) is 25.1 Å². The Hall–Kier alpha value is -2.77. The molecular weight excluding hydrogens is 358 g/mol. The van der Waals surface area contributed by atoms with Gasteiger partial charge in [-0.2, -0.15) is 0 Å². The quantitative estimate of drug-likeness (QED) is 0.825. The van der Waals surface area contributed by atoms with Crippen molar-refractivity contribution < 1.29 is 14.0 Å². The number of urea groups is 1. The Morgan fingerprint density at radius 1 is 1.36 bits per heavy atom. The lowest BCUT2D eigenvalue weighted by Crippen LogP contribution is -2.56. The topological polar surface area (TPSA) is 94.5 Å². The van der Waals surface area contributed by atoms with Gasteiger partial charge in [0.05, 0.1) is 19.1 Å². The van der Waals surface area contributed by atoms with Crippen molar-refractivity contribution in [2.45, 2.75) is 38.6 Å². The van der Waals surface area contributed by atoms with E-state index in [4.69, 9.17) is 4.42 Å². The second-order valence-electron chi connectivity index (χ2n) is 7.91. The van der Waals surface area contributed by atoms with E-state index in [-0.39, 0.29) is 17.4 Å². The molecule has 2 aliphatic rings. The monoisotopic (exact) mass is 385 g/mol. The number of piperidine rings is 2. The van der Waals surface area contributed by atoms with Crippen LogP contribution in [-0.2, 0) is 17.8 Å². The molecule has 1 spiro atoms. The second-order valence-corrected chi connectivity index (χ2v) is 7.91. The van der Waals surface area contributed by atoms with Gasteiger partial charge in [-0.25, -0.2) is 9.78 Å². The predicted molar refractivity (Wildman–Crippen MR) is 102 cm³/mol. The molecule has 0 aliphatic carbocycles. The fourth-order valence-corrected chi connectivity index (χ4v) is 4.38. The Bertz CT molecular complexity index is 789. The van der Waals surface area contributed by atoms with E-state index in [0.717, 1.165) is 50.2 Å². The number of aromatic nitrogens is 2. The molecule has 150 valence electrons. The molecule has 0 radical (unpaired) electrons. The van der Waals surface area contributed by atoms with Gasteiger partial charge in [0.25, 0.3) is 0 Å². The molecule has 3 amide bonds. The van der Waals surface area contributed by atoms with Crippen molar-refractivity contribution in [2.75, 3.05) is 26.2 Å². The van der Waals surface area contributed by atoms with Crippen LogP contribution in [-0.4, -0.2) is 57.9 Å². The Labute approximate surface area is 164 Å². The molecular formula is C20H27N5O3. The molecule has 0 unspecified atom stereocenters. The van der Waals surface area contributed by atoms with E-state index >= 15 is 0 Å². The molecule has 2 N–H and O–H groups in total. The molecule has 2 aliphatic heterocycles. The Balaban J connectivity index is 1.34. The highest BCUT2D eigenvalue weighted by atomic mass is 16.3. The van der Waals surface area contributed by atoms with Crippen LogP contribution in [0.25, 0.3) is 0 Å². The summed E-state index contributed by atoms with van der Waals surface area (Å²) in [5.74, 6) is 0.956. The first-order chi connectivity index (χ1) is 13.6. The maximum absolute atomic E-state index is 12.6. The molecule has 8 heteroatoms. The van der Waals surface area contributed by atoms with Crippen LogP contribution in [0.15, 0.2) is 35.3 Å². The lowest BCUT2D eigenvalue weighted by Gasteiger charge is -2.48. The summed E-state index contributed by atoms with van der Waals surface area (Å²) in [5.41, 5.74) is 1.04. The maximum Gasteiger partial charge on any atom is 0.317 e. The lowest BCUT2D eigenvalue weighted by atomic mass is 9.73. The molecule has 28 heavy (non-hydrogen) atoms. The van der Waals surface area contributed by atoms with Gasteiger partial charge in [-0.3, -0.25) is 4.79 Å². The van der Waals surface area contributed by atoms with Gasteiger partial charge >= 0.3 is 6.03 Å². The van der Waals surface area contributed by atoms with Crippen LogP contribution in [0.2, 0.25) is 0 Å². The van der Waals surface area contributed by atoms with Crippen molar-refractivity contribution in [3.05, 3.63) is 42.4 Å². The van der Waals surface area contributed by atoms with E-state index in [1.807, 2.05) is 21.9 Å².